The molecule has 1 aliphatic heterocycles. The van der Waals surface area contributed by atoms with E-state index >= 15 is 0 Å². The molecule has 1 saturated heterocycles. The second-order valence-corrected chi connectivity index (χ2v) is 5.45. The highest BCUT2D eigenvalue weighted by molar-refractivity contribution is 5.29. The van der Waals surface area contributed by atoms with Gasteiger partial charge in [0.05, 0.1) is 12.3 Å². The van der Waals surface area contributed by atoms with E-state index in [0.29, 0.717) is 24.8 Å². The van der Waals surface area contributed by atoms with Gasteiger partial charge in [0.1, 0.15) is 30.1 Å². The van der Waals surface area contributed by atoms with Crippen molar-refractivity contribution < 1.29 is 13.9 Å². The Morgan fingerprint density at radius 3 is 2.87 bits per heavy atom. The van der Waals surface area contributed by atoms with E-state index in [0.717, 1.165) is 25.3 Å². The van der Waals surface area contributed by atoms with Crippen LogP contribution in [0.15, 0.2) is 42.5 Å². The predicted molar refractivity (Wildman–Crippen MR) is 85.7 cm³/mol. The molecule has 122 valence electrons. The van der Waals surface area contributed by atoms with E-state index in [1.807, 2.05) is 12.1 Å². The summed E-state index contributed by atoms with van der Waals surface area (Å²) in [6.07, 6.45) is -0.0712. The van der Waals surface area contributed by atoms with Gasteiger partial charge >= 0.3 is 0 Å². The number of morpholine rings is 1. The number of hydrogen-bond donors (Lipinski definition) is 1. The predicted octanol–water partition coefficient (Wildman–Crippen LogP) is 2.26. The first-order valence-corrected chi connectivity index (χ1v) is 7.65. The maximum Gasteiger partial charge on any atom is 0.123 e. The lowest BCUT2D eigenvalue weighted by Crippen LogP contribution is -2.40. The Bertz CT molecular complexity index is 636. The minimum Gasteiger partial charge on any atom is -0.492 e. The van der Waals surface area contributed by atoms with Crippen molar-refractivity contribution in [3.63, 3.8) is 0 Å². The van der Waals surface area contributed by atoms with Crippen molar-refractivity contribution in [2.45, 2.75) is 6.10 Å². The molecule has 2 heterocycles. The topological polar surface area (TPSA) is 60.6 Å². The molecule has 0 spiro atoms. The number of anilines is 1. The summed E-state index contributed by atoms with van der Waals surface area (Å²) < 4.78 is 24.3. The van der Waals surface area contributed by atoms with Gasteiger partial charge in [-0.1, -0.05) is 6.07 Å². The van der Waals surface area contributed by atoms with Crippen LogP contribution in [0.5, 0.6) is 5.75 Å². The van der Waals surface area contributed by atoms with Crippen LogP contribution in [0, 0.1) is 5.82 Å². The van der Waals surface area contributed by atoms with Crippen LogP contribution in [-0.4, -0.2) is 42.7 Å². The maximum atomic E-state index is 12.8. The average Bonchev–Trinajstić information content (AvgIpc) is 2.57. The summed E-state index contributed by atoms with van der Waals surface area (Å²) in [5.74, 6) is 0.916. The van der Waals surface area contributed by atoms with Crippen LogP contribution in [0.25, 0.3) is 0 Å². The summed E-state index contributed by atoms with van der Waals surface area (Å²) in [6, 6.07) is 11.6. The highest BCUT2D eigenvalue weighted by atomic mass is 19.1. The molecular formula is C17H20FN3O2. The van der Waals surface area contributed by atoms with E-state index < -0.39 is 0 Å². The largest absolute Gasteiger partial charge is 0.492 e. The standard InChI is InChI=1S/C17H20FN3O2/c18-13-4-6-14(7-5-13)22-10-8-21-9-11-23-16(12-21)15-2-1-3-17(19)20-15/h1-7,16H,8-12H2,(H2,19,20). The van der Waals surface area contributed by atoms with Gasteiger partial charge in [-0.25, -0.2) is 9.37 Å². The van der Waals surface area contributed by atoms with Gasteiger partial charge in [-0.05, 0) is 36.4 Å². The highest BCUT2D eigenvalue weighted by Gasteiger charge is 2.22. The first-order valence-electron chi connectivity index (χ1n) is 7.65. The van der Waals surface area contributed by atoms with Gasteiger partial charge in [0.25, 0.3) is 0 Å². The number of hydrogen-bond acceptors (Lipinski definition) is 5. The second-order valence-electron chi connectivity index (χ2n) is 5.45. The van der Waals surface area contributed by atoms with Crippen molar-refractivity contribution in [2.75, 3.05) is 38.6 Å². The lowest BCUT2D eigenvalue weighted by atomic mass is 10.2. The van der Waals surface area contributed by atoms with Crippen LogP contribution >= 0.6 is 0 Å². The molecular weight excluding hydrogens is 297 g/mol. The highest BCUT2D eigenvalue weighted by Crippen LogP contribution is 2.21. The molecule has 0 amide bonds. The smallest absolute Gasteiger partial charge is 0.123 e. The van der Waals surface area contributed by atoms with Gasteiger partial charge < -0.3 is 15.2 Å². The quantitative estimate of drug-likeness (QED) is 0.916. The van der Waals surface area contributed by atoms with Crippen LogP contribution in [0.1, 0.15) is 11.8 Å². The van der Waals surface area contributed by atoms with Gasteiger partial charge in [0, 0.05) is 19.6 Å². The molecule has 0 radical (unpaired) electrons. The van der Waals surface area contributed by atoms with Crippen molar-refractivity contribution in [3.8, 4) is 5.75 Å². The van der Waals surface area contributed by atoms with Crippen molar-refractivity contribution in [1.29, 1.82) is 0 Å². The van der Waals surface area contributed by atoms with E-state index in [4.69, 9.17) is 15.2 Å². The van der Waals surface area contributed by atoms with E-state index in [1.54, 1.807) is 18.2 Å². The van der Waals surface area contributed by atoms with Crippen LogP contribution in [0.3, 0.4) is 0 Å². The van der Waals surface area contributed by atoms with Gasteiger partial charge in [0.2, 0.25) is 0 Å². The van der Waals surface area contributed by atoms with Crippen LogP contribution < -0.4 is 10.5 Å². The summed E-state index contributed by atoms with van der Waals surface area (Å²) >= 11 is 0. The fourth-order valence-electron chi connectivity index (χ4n) is 2.56. The Morgan fingerprint density at radius 2 is 2.09 bits per heavy atom. The lowest BCUT2D eigenvalue weighted by molar-refractivity contribution is -0.0348. The van der Waals surface area contributed by atoms with Gasteiger partial charge in [-0.2, -0.15) is 0 Å². The molecule has 1 aromatic carbocycles. The third-order valence-electron chi connectivity index (χ3n) is 3.76. The van der Waals surface area contributed by atoms with Gasteiger partial charge in [-0.15, -0.1) is 0 Å². The van der Waals surface area contributed by atoms with Gasteiger partial charge in [0.15, 0.2) is 0 Å². The lowest BCUT2D eigenvalue weighted by Gasteiger charge is -2.32. The van der Waals surface area contributed by atoms with Crippen molar-refractivity contribution in [2.24, 2.45) is 0 Å². The Hall–Kier alpha value is -2.18. The number of nitrogens with zero attached hydrogens (tertiary/aromatic N) is 2. The number of benzene rings is 1. The zero-order valence-electron chi connectivity index (χ0n) is 12.8. The Morgan fingerprint density at radius 1 is 1.26 bits per heavy atom. The van der Waals surface area contributed by atoms with Crippen LogP contribution in [0.2, 0.25) is 0 Å². The van der Waals surface area contributed by atoms with Crippen LogP contribution in [-0.2, 0) is 4.74 Å². The molecule has 0 bridgehead atoms. The summed E-state index contributed by atoms with van der Waals surface area (Å²) in [6.45, 7) is 3.58. The Balaban J connectivity index is 1.49. The molecule has 2 aromatic rings. The average molecular weight is 317 g/mol. The first kappa shape index (κ1) is 15.7. The molecule has 1 aromatic heterocycles. The third kappa shape index (κ3) is 4.40. The summed E-state index contributed by atoms with van der Waals surface area (Å²) in [5.41, 5.74) is 6.58. The van der Waals surface area contributed by atoms with Crippen LogP contribution in [0.4, 0.5) is 10.2 Å². The number of rotatable bonds is 5. The van der Waals surface area contributed by atoms with E-state index in [9.17, 15) is 4.39 Å². The van der Waals surface area contributed by atoms with Crippen molar-refractivity contribution in [3.05, 3.63) is 54.0 Å². The molecule has 1 unspecified atom stereocenters. The number of aromatic nitrogens is 1. The fraction of sp³-hybridized carbons (Fsp3) is 0.353. The van der Waals surface area contributed by atoms with Crippen molar-refractivity contribution >= 4 is 5.82 Å². The molecule has 3 rings (SSSR count). The minimum absolute atomic E-state index is 0.0712. The molecule has 6 heteroatoms. The molecule has 5 nitrogen and oxygen atoms in total. The Kier molecular flexibility index (Phi) is 5.05. The normalized spacial score (nSPS) is 18.7. The SMILES string of the molecule is Nc1cccc(C2CN(CCOc3ccc(F)cc3)CCO2)n1. The zero-order valence-corrected chi connectivity index (χ0v) is 12.8. The second kappa shape index (κ2) is 7.39. The molecule has 1 aliphatic rings. The third-order valence-corrected chi connectivity index (χ3v) is 3.76. The molecule has 0 saturated carbocycles. The van der Waals surface area contributed by atoms with Crippen molar-refractivity contribution in [1.82, 2.24) is 9.88 Å². The zero-order chi connectivity index (χ0) is 16.1. The monoisotopic (exact) mass is 317 g/mol. The van der Waals surface area contributed by atoms with E-state index in [-0.39, 0.29) is 11.9 Å². The number of pyridine rings is 1. The molecule has 1 atom stereocenters. The molecule has 23 heavy (non-hydrogen) atoms. The van der Waals surface area contributed by atoms with E-state index in [1.165, 1.54) is 12.1 Å². The number of halogens is 1. The summed E-state index contributed by atoms with van der Waals surface area (Å²) in [4.78, 5) is 6.59. The first-order chi connectivity index (χ1) is 11.2. The summed E-state index contributed by atoms with van der Waals surface area (Å²) in [5, 5.41) is 0. The summed E-state index contributed by atoms with van der Waals surface area (Å²) in [7, 11) is 0. The minimum atomic E-state index is -0.261. The van der Waals surface area contributed by atoms with Gasteiger partial charge in [-0.3, -0.25) is 4.90 Å². The fourth-order valence-corrected chi connectivity index (χ4v) is 2.56. The molecule has 0 aliphatic carbocycles. The molecule has 1 fully saturated rings. The van der Waals surface area contributed by atoms with E-state index in [2.05, 4.69) is 9.88 Å². The maximum absolute atomic E-state index is 12.8. The number of nitrogen functional groups attached to an aromatic ring is 1. The number of nitrogens with two attached hydrogens (primary N) is 1. The number of ether oxygens (including phenoxy) is 2. The molecule has 2 N–H and O–H groups in total. The Labute approximate surface area is 134 Å².